The van der Waals surface area contributed by atoms with Crippen molar-refractivity contribution >= 4 is 23.4 Å². The summed E-state index contributed by atoms with van der Waals surface area (Å²) in [6.45, 7) is 0. The average Bonchev–Trinajstić information content (AvgIpc) is 3.71. The fraction of sp³-hybridized carbons (Fsp3) is 0.348. The van der Waals surface area contributed by atoms with E-state index in [1.165, 1.54) is 24.6 Å². The van der Waals surface area contributed by atoms with Crippen LogP contribution < -0.4 is 10.1 Å². The molecule has 1 heterocycles. The number of carbonyl (C=O) groups is 1. The number of ether oxygens (including phenoxy) is 1. The van der Waals surface area contributed by atoms with Crippen LogP contribution in [0, 0.1) is 0 Å². The number of hydrogen-bond acceptors (Lipinski definition) is 5. The molecule has 2 saturated carbocycles. The maximum Gasteiger partial charge on any atom is 0.242 e. The van der Waals surface area contributed by atoms with E-state index >= 15 is 0 Å². The molecule has 1 aromatic heterocycles. The summed E-state index contributed by atoms with van der Waals surface area (Å²) in [5.74, 6) is 2.25. The summed E-state index contributed by atoms with van der Waals surface area (Å²) in [6.07, 6.45) is 4.70. The van der Waals surface area contributed by atoms with Crippen LogP contribution in [0.5, 0.6) is 5.75 Å². The number of carbonyl (C=O) groups excluding carboxylic acids is 1. The van der Waals surface area contributed by atoms with Crippen molar-refractivity contribution in [2.75, 3.05) is 12.4 Å². The van der Waals surface area contributed by atoms with Crippen molar-refractivity contribution < 1.29 is 9.53 Å². The van der Waals surface area contributed by atoms with Crippen molar-refractivity contribution in [1.29, 1.82) is 0 Å². The smallest absolute Gasteiger partial charge is 0.242 e. The normalized spacial score (nSPS) is 16.8. The lowest BCUT2D eigenvalue weighted by Gasteiger charge is -2.18. The maximum atomic E-state index is 13.3. The topological polar surface area (TPSA) is 69.0 Å². The number of nitrogens with zero attached hydrogens (tertiary/aromatic N) is 3. The highest BCUT2D eigenvalue weighted by molar-refractivity contribution is 8.00. The maximum absolute atomic E-state index is 13.3. The van der Waals surface area contributed by atoms with Gasteiger partial charge in [-0.1, -0.05) is 48.2 Å². The summed E-state index contributed by atoms with van der Waals surface area (Å²) in [5.41, 5.74) is 1.66. The van der Waals surface area contributed by atoms with Crippen LogP contribution in [-0.2, 0) is 4.79 Å². The minimum Gasteiger partial charge on any atom is -0.497 e. The largest absolute Gasteiger partial charge is 0.497 e. The zero-order chi connectivity index (χ0) is 20.5. The van der Waals surface area contributed by atoms with Gasteiger partial charge in [0.15, 0.2) is 5.16 Å². The molecular formula is C23H24N4O2S. The number of hydrogen-bond donors (Lipinski definition) is 1. The van der Waals surface area contributed by atoms with Gasteiger partial charge in [-0.05, 0) is 43.4 Å². The van der Waals surface area contributed by atoms with Crippen molar-refractivity contribution in [3.05, 3.63) is 66.0 Å². The van der Waals surface area contributed by atoms with Gasteiger partial charge in [-0.25, -0.2) is 0 Å². The first kappa shape index (κ1) is 19.2. The van der Waals surface area contributed by atoms with E-state index in [0.29, 0.717) is 23.4 Å². The van der Waals surface area contributed by atoms with Crippen molar-refractivity contribution in [3.63, 3.8) is 0 Å². The second-order valence-electron chi connectivity index (χ2n) is 7.85. The monoisotopic (exact) mass is 420 g/mol. The molecule has 0 unspecified atom stereocenters. The highest BCUT2D eigenvalue weighted by Gasteiger charge is 2.37. The number of rotatable bonds is 8. The third kappa shape index (κ3) is 4.07. The quantitative estimate of drug-likeness (QED) is 0.521. The molecule has 2 aliphatic carbocycles. The minimum atomic E-state index is -0.425. The third-order valence-electron chi connectivity index (χ3n) is 5.45. The van der Waals surface area contributed by atoms with Gasteiger partial charge in [-0.15, -0.1) is 10.2 Å². The molecule has 0 bridgehead atoms. The number of anilines is 1. The number of benzene rings is 2. The van der Waals surface area contributed by atoms with E-state index in [1.54, 1.807) is 7.11 Å². The lowest BCUT2D eigenvalue weighted by Crippen LogP contribution is -2.19. The molecule has 0 spiro atoms. The Kier molecular flexibility index (Phi) is 5.21. The molecule has 2 fully saturated rings. The van der Waals surface area contributed by atoms with Gasteiger partial charge in [0.2, 0.25) is 5.91 Å². The lowest BCUT2D eigenvalue weighted by molar-refractivity contribution is -0.115. The summed E-state index contributed by atoms with van der Waals surface area (Å²) in [6, 6.07) is 17.8. The van der Waals surface area contributed by atoms with Crippen LogP contribution in [0.25, 0.3) is 0 Å². The first-order chi connectivity index (χ1) is 14.7. The molecule has 2 aliphatic rings. The summed E-state index contributed by atoms with van der Waals surface area (Å²) < 4.78 is 7.57. The van der Waals surface area contributed by atoms with E-state index < -0.39 is 5.25 Å². The zero-order valence-corrected chi connectivity index (χ0v) is 17.6. The van der Waals surface area contributed by atoms with Crippen molar-refractivity contribution in [3.8, 4) is 5.75 Å². The Balaban J connectivity index is 1.43. The Morgan fingerprint density at radius 2 is 1.90 bits per heavy atom. The van der Waals surface area contributed by atoms with Crippen molar-refractivity contribution in [1.82, 2.24) is 14.8 Å². The number of thioether (sulfide) groups is 1. The Hall–Kier alpha value is -2.80. The van der Waals surface area contributed by atoms with Gasteiger partial charge in [0, 0.05) is 23.7 Å². The Labute approximate surface area is 180 Å². The Morgan fingerprint density at radius 3 is 2.60 bits per heavy atom. The summed E-state index contributed by atoms with van der Waals surface area (Å²) in [4.78, 5) is 13.3. The van der Waals surface area contributed by atoms with Gasteiger partial charge in [-0.3, -0.25) is 4.79 Å². The molecule has 0 radical (unpaired) electrons. The molecule has 6 nitrogen and oxygen atoms in total. The first-order valence-corrected chi connectivity index (χ1v) is 11.2. The van der Waals surface area contributed by atoms with Crippen LogP contribution in [0.15, 0.2) is 59.8 Å². The summed E-state index contributed by atoms with van der Waals surface area (Å²) >= 11 is 1.49. The Bertz CT molecular complexity index is 1040. The van der Waals surface area contributed by atoms with Crippen LogP contribution in [0.2, 0.25) is 0 Å². The summed E-state index contributed by atoms with van der Waals surface area (Å²) in [7, 11) is 1.62. The van der Waals surface area contributed by atoms with Crippen LogP contribution >= 0.6 is 11.8 Å². The average molecular weight is 421 g/mol. The van der Waals surface area contributed by atoms with Gasteiger partial charge in [0.25, 0.3) is 0 Å². The molecule has 2 aromatic carbocycles. The minimum absolute atomic E-state index is 0.0854. The van der Waals surface area contributed by atoms with Gasteiger partial charge >= 0.3 is 0 Å². The molecule has 1 N–H and O–H groups in total. The fourth-order valence-electron chi connectivity index (χ4n) is 3.58. The van der Waals surface area contributed by atoms with Crippen molar-refractivity contribution in [2.24, 2.45) is 0 Å². The third-order valence-corrected chi connectivity index (χ3v) is 6.66. The summed E-state index contributed by atoms with van der Waals surface area (Å²) in [5, 5.41) is 12.5. The Morgan fingerprint density at radius 1 is 1.10 bits per heavy atom. The second-order valence-corrected chi connectivity index (χ2v) is 8.92. The van der Waals surface area contributed by atoms with E-state index in [2.05, 4.69) is 20.1 Å². The van der Waals surface area contributed by atoms with E-state index in [4.69, 9.17) is 4.74 Å². The molecule has 30 heavy (non-hydrogen) atoms. The van der Waals surface area contributed by atoms with Crippen LogP contribution in [0.4, 0.5) is 5.69 Å². The van der Waals surface area contributed by atoms with Crippen LogP contribution in [-0.4, -0.2) is 27.8 Å². The molecule has 7 heteroatoms. The SMILES string of the molecule is COc1cccc(NC(=O)[C@H](Sc2nnc(C3CC3)n2C2CC2)c2ccccc2)c1. The lowest BCUT2D eigenvalue weighted by atomic mass is 10.1. The van der Waals surface area contributed by atoms with Crippen molar-refractivity contribution in [2.45, 2.75) is 48.0 Å². The zero-order valence-electron chi connectivity index (χ0n) is 16.8. The van der Waals surface area contributed by atoms with Gasteiger partial charge in [0.1, 0.15) is 16.8 Å². The number of aromatic nitrogens is 3. The van der Waals surface area contributed by atoms with Gasteiger partial charge in [0.05, 0.1) is 7.11 Å². The second kappa shape index (κ2) is 8.14. The standard InChI is InChI=1S/C23H24N4O2S/c1-29-19-9-5-8-17(14-19)24-22(28)20(15-6-3-2-4-7-15)30-23-26-25-21(16-10-11-16)27(23)18-12-13-18/h2-9,14,16,18,20H,10-13H2,1H3,(H,24,28)/t20-/m1/s1. The number of amides is 1. The molecule has 1 atom stereocenters. The van der Waals surface area contributed by atoms with E-state index in [-0.39, 0.29) is 5.91 Å². The van der Waals surface area contributed by atoms with Crippen LogP contribution in [0.1, 0.15) is 54.3 Å². The number of nitrogens with one attached hydrogen (secondary N) is 1. The van der Waals surface area contributed by atoms with E-state index in [0.717, 1.165) is 29.4 Å². The first-order valence-electron chi connectivity index (χ1n) is 10.3. The molecule has 0 aliphatic heterocycles. The van der Waals surface area contributed by atoms with Gasteiger partial charge < -0.3 is 14.6 Å². The van der Waals surface area contributed by atoms with Crippen LogP contribution in [0.3, 0.4) is 0 Å². The van der Waals surface area contributed by atoms with E-state index in [9.17, 15) is 4.79 Å². The van der Waals surface area contributed by atoms with Gasteiger partial charge in [-0.2, -0.15) is 0 Å². The highest BCUT2D eigenvalue weighted by Crippen LogP contribution is 2.47. The molecular weight excluding hydrogens is 396 g/mol. The molecule has 5 rings (SSSR count). The fourth-order valence-corrected chi connectivity index (χ4v) is 4.69. The van der Waals surface area contributed by atoms with E-state index in [1.807, 2.05) is 54.6 Å². The predicted molar refractivity (Wildman–Crippen MR) is 117 cm³/mol. The molecule has 3 aromatic rings. The molecule has 0 saturated heterocycles. The predicted octanol–water partition coefficient (Wildman–Crippen LogP) is 4.97. The highest BCUT2D eigenvalue weighted by atomic mass is 32.2. The number of methoxy groups -OCH3 is 1. The molecule has 154 valence electrons. The molecule has 1 amide bonds.